The summed E-state index contributed by atoms with van der Waals surface area (Å²) < 4.78 is 55.5. The molecule has 4 atom stereocenters. The largest absolute Gasteiger partial charge is 0.472 e. The van der Waals surface area contributed by atoms with Crippen molar-refractivity contribution in [3.05, 3.63) is 24.9 Å². The molecule has 1 fully saturated rings. The summed E-state index contributed by atoms with van der Waals surface area (Å²) in [6.45, 7) is -5.44. The van der Waals surface area contributed by atoms with Gasteiger partial charge in [0, 0.05) is 22.2 Å². The van der Waals surface area contributed by atoms with Crippen LogP contribution in [0.3, 0.4) is 0 Å². The molecule has 0 spiro atoms. The zero-order valence-electron chi connectivity index (χ0n) is 19.5. The molecule has 1 aliphatic heterocycles. The van der Waals surface area contributed by atoms with Crippen LogP contribution in [0, 0.1) is 0 Å². The molecule has 0 aromatic carbocycles. The van der Waals surface area contributed by atoms with Crippen LogP contribution in [0.15, 0.2) is 29.3 Å². The van der Waals surface area contributed by atoms with Crippen molar-refractivity contribution in [1.29, 1.82) is 0 Å². The van der Waals surface area contributed by atoms with Gasteiger partial charge in [0.2, 0.25) is 0 Å². The summed E-state index contributed by atoms with van der Waals surface area (Å²) in [5, 5.41) is 24.8. The van der Waals surface area contributed by atoms with Gasteiger partial charge in [-0.2, -0.15) is 0 Å². The number of ether oxygens (including phenoxy) is 1. The van der Waals surface area contributed by atoms with Gasteiger partial charge in [-0.1, -0.05) is 0 Å². The first-order valence-electron chi connectivity index (χ1n) is 10.7. The number of hydrogen-bond acceptors (Lipinski definition) is 9. The molecule has 142 valence electrons. The van der Waals surface area contributed by atoms with Crippen molar-refractivity contribution in [2.45, 2.75) is 24.5 Å². The Bertz CT molecular complexity index is 1160. The SMILES string of the molecule is [2H]C([2H])([2H])NC(=O)[C@H]1O[C@@H](n2cnc3c(NC([2H])([2H])[2H])nc(-c4ccoc4)nc32)[C@H](O)[C@@H]1O. The summed E-state index contributed by atoms with van der Waals surface area (Å²) in [4.78, 5) is 24.8. The van der Waals surface area contributed by atoms with Crippen molar-refractivity contribution in [1.82, 2.24) is 24.8 Å². The summed E-state index contributed by atoms with van der Waals surface area (Å²) in [5.74, 6) is -1.22. The first-order valence-corrected chi connectivity index (χ1v) is 7.73. The van der Waals surface area contributed by atoms with Crippen molar-refractivity contribution in [3.8, 4) is 11.4 Å². The molecule has 3 aromatic rings. The second kappa shape index (κ2) is 6.61. The summed E-state index contributed by atoms with van der Waals surface area (Å²) in [7, 11) is 0. The van der Waals surface area contributed by atoms with E-state index in [-0.39, 0.29) is 22.8 Å². The quantitative estimate of drug-likeness (QED) is 0.470. The van der Waals surface area contributed by atoms with Crippen molar-refractivity contribution in [2.24, 2.45) is 0 Å². The Morgan fingerprint density at radius 1 is 1.33 bits per heavy atom. The summed E-state index contributed by atoms with van der Waals surface area (Å²) in [5.41, 5.74) is 0.446. The summed E-state index contributed by atoms with van der Waals surface area (Å²) in [6, 6.07) is 1.54. The monoisotopic (exact) mass is 380 g/mol. The molecule has 3 aromatic heterocycles. The Balaban J connectivity index is 1.76. The Hall–Kier alpha value is -3.02. The van der Waals surface area contributed by atoms with Gasteiger partial charge in [-0.15, -0.1) is 0 Å². The number of nitrogens with zero attached hydrogens (tertiary/aromatic N) is 4. The number of furan rings is 1. The molecule has 4 rings (SSSR count). The number of aliphatic hydroxyl groups excluding tert-OH is 2. The van der Waals surface area contributed by atoms with E-state index in [2.05, 4.69) is 20.3 Å². The number of aromatic nitrogens is 4. The molecule has 1 saturated heterocycles. The molecule has 0 bridgehead atoms. The third kappa shape index (κ3) is 2.72. The molecule has 0 radical (unpaired) electrons. The first-order chi connectivity index (χ1) is 15.3. The number of carbonyl (C=O) groups is 1. The predicted octanol–water partition coefficient (Wildman–Crippen LogP) is -0.507. The minimum absolute atomic E-state index is 0.0130. The standard InChI is InChI=1S/C16H18N6O5/c1-17-13-8-14(21-12(20-13)7-3-4-26-5-7)22(6-19-8)16-10(24)9(23)11(27-16)15(25)18-2/h3-6,9-11,16,23-24H,1-2H3,(H,18,25)(H,17,20,21)/t9-,10+,11-,16+/m0/s1/i1D3,2D3. The molecule has 1 aliphatic rings. The second-order valence-electron chi connectivity index (χ2n) is 5.77. The van der Waals surface area contributed by atoms with Gasteiger partial charge in [0.15, 0.2) is 35.1 Å². The number of anilines is 1. The molecule has 4 heterocycles. The maximum absolute atomic E-state index is 12.2. The fourth-order valence-electron chi connectivity index (χ4n) is 2.89. The van der Waals surface area contributed by atoms with Crippen LogP contribution in [0.2, 0.25) is 0 Å². The van der Waals surface area contributed by atoms with E-state index in [1.54, 1.807) is 11.4 Å². The third-order valence-corrected chi connectivity index (χ3v) is 4.21. The molecule has 0 aliphatic carbocycles. The molecular formula is C16H18N6O5. The van der Waals surface area contributed by atoms with E-state index in [0.29, 0.717) is 5.56 Å². The topological polar surface area (TPSA) is 148 Å². The van der Waals surface area contributed by atoms with Crippen molar-refractivity contribution < 1.29 is 32.4 Å². The lowest BCUT2D eigenvalue weighted by Gasteiger charge is -2.16. The normalized spacial score (nSPS) is 29.3. The lowest BCUT2D eigenvalue weighted by atomic mass is 10.1. The maximum Gasteiger partial charge on any atom is 0.251 e. The van der Waals surface area contributed by atoms with Crippen LogP contribution in [0.25, 0.3) is 22.6 Å². The van der Waals surface area contributed by atoms with E-state index in [9.17, 15) is 15.0 Å². The molecule has 1 amide bonds. The molecule has 27 heavy (non-hydrogen) atoms. The average molecular weight is 380 g/mol. The Labute approximate surface area is 161 Å². The van der Waals surface area contributed by atoms with E-state index < -0.39 is 44.4 Å². The number of imidazole rings is 1. The minimum Gasteiger partial charge on any atom is -0.472 e. The third-order valence-electron chi connectivity index (χ3n) is 4.21. The molecule has 11 nitrogen and oxygen atoms in total. The molecule has 0 unspecified atom stereocenters. The van der Waals surface area contributed by atoms with Crippen LogP contribution in [0.1, 0.15) is 14.5 Å². The fraction of sp³-hybridized carbons (Fsp3) is 0.375. The van der Waals surface area contributed by atoms with Crippen LogP contribution in [0.4, 0.5) is 5.82 Å². The van der Waals surface area contributed by atoms with E-state index in [0.717, 1.165) is 6.33 Å². The van der Waals surface area contributed by atoms with Gasteiger partial charge < -0.3 is 30.0 Å². The van der Waals surface area contributed by atoms with Gasteiger partial charge in [0.25, 0.3) is 5.91 Å². The number of aliphatic hydroxyl groups is 2. The molecule has 11 heteroatoms. The number of rotatable bonds is 4. The second-order valence-corrected chi connectivity index (χ2v) is 5.77. The lowest BCUT2D eigenvalue weighted by Crippen LogP contribution is -2.41. The zero-order valence-corrected chi connectivity index (χ0v) is 13.5. The number of likely N-dealkylation sites (N-methyl/N-ethyl adjacent to an activating group) is 1. The van der Waals surface area contributed by atoms with Crippen LogP contribution < -0.4 is 10.6 Å². The highest BCUT2D eigenvalue weighted by atomic mass is 16.6. The Morgan fingerprint density at radius 3 is 2.96 bits per heavy atom. The number of amides is 1. The van der Waals surface area contributed by atoms with Gasteiger partial charge in [0.1, 0.15) is 18.5 Å². The number of hydrogen-bond donors (Lipinski definition) is 4. The molecular weight excluding hydrogens is 356 g/mol. The average Bonchev–Trinajstić information content (AvgIpc) is 3.40. The predicted molar refractivity (Wildman–Crippen MR) is 92.6 cm³/mol. The highest BCUT2D eigenvalue weighted by Crippen LogP contribution is 2.33. The lowest BCUT2D eigenvalue weighted by molar-refractivity contribution is -0.137. The molecule has 0 saturated carbocycles. The van der Waals surface area contributed by atoms with Crippen LogP contribution in [0.5, 0.6) is 0 Å². The fourth-order valence-corrected chi connectivity index (χ4v) is 2.89. The van der Waals surface area contributed by atoms with Crippen LogP contribution in [-0.4, -0.2) is 67.9 Å². The van der Waals surface area contributed by atoms with Crippen molar-refractivity contribution in [2.75, 3.05) is 19.3 Å². The van der Waals surface area contributed by atoms with Gasteiger partial charge in [0.05, 0.1) is 18.2 Å². The van der Waals surface area contributed by atoms with Crippen molar-refractivity contribution in [3.63, 3.8) is 0 Å². The van der Waals surface area contributed by atoms with Crippen LogP contribution >= 0.6 is 0 Å². The van der Waals surface area contributed by atoms with Gasteiger partial charge in [-0.25, -0.2) is 15.0 Å². The van der Waals surface area contributed by atoms with E-state index in [1.165, 1.54) is 17.1 Å². The number of nitrogens with one attached hydrogen (secondary N) is 2. The highest BCUT2D eigenvalue weighted by molar-refractivity contribution is 5.85. The Morgan fingerprint density at radius 2 is 2.22 bits per heavy atom. The minimum atomic E-state index is -2.83. The number of carbonyl (C=O) groups excluding carboxylic acids is 1. The van der Waals surface area contributed by atoms with Crippen LogP contribution in [-0.2, 0) is 9.53 Å². The Kier molecular flexibility index (Phi) is 2.85. The van der Waals surface area contributed by atoms with Crippen molar-refractivity contribution >= 4 is 22.9 Å². The summed E-state index contributed by atoms with van der Waals surface area (Å²) in [6.07, 6.45) is -2.66. The van der Waals surface area contributed by atoms with E-state index >= 15 is 0 Å². The maximum atomic E-state index is 12.2. The molecule has 4 N–H and O–H groups in total. The highest BCUT2D eigenvalue weighted by Gasteiger charge is 2.47. The van der Waals surface area contributed by atoms with Gasteiger partial charge >= 0.3 is 0 Å². The van der Waals surface area contributed by atoms with E-state index in [1.807, 2.05) is 0 Å². The number of fused-ring (bicyclic) bond motifs is 1. The zero-order chi connectivity index (χ0) is 24.1. The van der Waals surface area contributed by atoms with Gasteiger partial charge in [-0.05, 0) is 6.07 Å². The van der Waals surface area contributed by atoms with Gasteiger partial charge in [-0.3, -0.25) is 9.36 Å². The summed E-state index contributed by atoms with van der Waals surface area (Å²) >= 11 is 0. The van der Waals surface area contributed by atoms with E-state index in [4.69, 9.17) is 17.4 Å². The smallest absolute Gasteiger partial charge is 0.251 e. The first kappa shape index (κ1) is 11.6.